The summed E-state index contributed by atoms with van der Waals surface area (Å²) in [6.45, 7) is 2.08. The van der Waals surface area contributed by atoms with Crippen LogP contribution >= 0.6 is 0 Å². The van der Waals surface area contributed by atoms with Gasteiger partial charge in [-0.3, -0.25) is 0 Å². The van der Waals surface area contributed by atoms with Gasteiger partial charge in [0.2, 0.25) is 0 Å². The van der Waals surface area contributed by atoms with Crippen molar-refractivity contribution in [1.82, 2.24) is 0 Å². The minimum absolute atomic E-state index is 0.685. The summed E-state index contributed by atoms with van der Waals surface area (Å²) in [6, 6.07) is 7.00. The van der Waals surface area contributed by atoms with Gasteiger partial charge in [-0.15, -0.1) is 0 Å². The van der Waals surface area contributed by atoms with Gasteiger partial charge in [-0.05, 0) is 62.1 Å². The van der Waals surface area contributed by atoms with Gasteiger partial charge in [0.15, 0.2) is 0 Å². The predicted octanol–water partition coefficient (Wildman–Crippen LogP) is 3.18. The quantitative estimate of drug-likeness (QED) is 0.759. The summed E-state index contributed by atoms with van der Waals surface area (Å²) in [5, 5.41) is 3.67. The first kappa shape index (κ1) is 10.0. The van der Waals surface area contributed by atoms with Crippen molar-refractivity contribution in [1.29, 1.82) is 0 Å². The van der Waals surface area contributed by atoms with E-state index in [-0.39, 0.29) is 0 Å². The van der Waals surface area contributed by atoms with Crippen molar-refractivity contribution >= 4 is 11.4 Å². The zero-order chi connectivity index (χ0) is 11.1. The number of nitrogens with one attached hydrogen (secondary N) is 1. The van der Waals surface area contributed by atoms with Crippen molar-refractivity contribution in [3.05, 3.63) is 23.8 Å². The third-order valence-corrected chi connectivity index (χ3v) is 3.79. The fourth-order valence-corrected chi connectivity index (χ4v) is 2.52. The van der Waals surface area contributed by atoms with Gasteiger partial charge in [-0.25, -0.2) is 0 Å². The number of anilines is 2. The first-order chi connectivity index (χ1) is 7.74. The van der Waals surface area contributed by atoms with Crippen LogP contribution in [-0.2, 0) is 0 Å². The highest BCUT2D eigenvalue weighted by atomic mass is 15.0. The standard InChI is InChI=1S/C14H20N2/c1-9-2-7-13(12(15)8-9)16-14(10-3-4-10)11-5-6-11/h2,7-8,10-11,14,16H,3-6,15H2,1H3. The molecule has 0 aliphatic heterocycles. The first-order valence-electron chi connectivity index (χ1n) is 6.37. The van der Waals surface area contributed by atoms with Crippen molar-refractivity contribution in [2.45, 2.75) is 38.6 Å². The number of benzene rings is 1. The second-order valence-electron chi connectivity index (χ2n) is 5.44. The molecule has 2 fully saturated rings. The zero-order valence-corrected chi connectivity index (χ0v) is 9.87. The van der Waals surface area contributed by atoms with E-state index in [9.17, 15) is 0 Å². The van der Waals surface area contributed by atoms with Gasteiger partial charge in [-0.1, -0.05) is 6.07 Å². The van der Waals surface area contributed by atoms with Crippen molar-refractivity contribution in [2.24, 2.45) is 11.8 Å². The van der Waals surface area contributed by atoms with Gasteiger partial charge >= 0.3 is 0 Å². The Bertz CT molecular complexity index is 380. The maximum absolute atomic E-state index is 6.05. The number of nitrogens with two attached hydrogens (primary N) is 1. The lowest BCUT2D eigenvalue weighted by atomic mass is 10.1. The Morgan fingerprint density at radius 3 is 2.31 bits per heavy atom. The van der Waals surface area contributed by atoms with Crippen LogP contribution in [0.4, 0.5) is 11.4 Å². The van der Waals surface area contributed by atoms with Crippen molar-refractivity contribution in [3.63, 3.8) is 0 Å². The van der Waals surface area contributed by atoms with E-state index < -0.39 is 0 Å². The summed E-state index contributed by atoms with van der Waals surface area (Å²) >= 11 is 0. The van der Waals surface area contributed by atoms with Gasteiger partial charge in [0.25, 0.3) is 0 Å². The monoisotopic (exact) mass is 216 g/mol. The maximum Gasteiger partial charge on any atom is 0.0576 e. The van der Waals surface area contributed by atoms with E-state index in [1.165, 1.54) is 31.2 Å². The molecule has 0 amide bonds. The average Bonchev–Trinajstić information content (AvgIpc) is 3.11. The van der Waals surface area contributed by atoms with Crippen molar-refractivity contribution < 1.29 is 0 Å². The Morgan fingerprint density at radius 2 is 1.81 bits per heavy atom. The molecule has 2 heteroatoms. The molecule has 0 aromatic heterocycles. The summed E-state index contributed by atoms with van der Waals surface area (Å²) < 4.78 is 0. The third-order valence-electron chi connectivity index (χ3n) is 3.79. The summed E-state index contributed by atoms with van der Waals surface area (Å²) in [4.78, 5) is 0. The Labute approximate surface area is 97.2 Å². The minimum atomic E-state index is 0.685. The molecule has 3 N–H and O–H groups in total. The van der Waals surface area contributed by atoms with E-state index in [0.717, 1.165) is 23.2 Å². The molecule has 16 heavy (non-hydrogen) atoms. The third kappa shape index (κ3) is 2.01. The van der Waals surface area contributed by atoms with Crippen LogP contribution in [0.2, 0.25) is 0 Å². The molecule has 2 aliphatic carbocycles. The number of aryl methyl sites for hydroxylation is 1. The van der Waals surface area contributed by atoms with E-state index in [0.29, 0.717) is 6.04 Å². The lowest BCUT2D eigenvalue weighted by molar-refractivity contribution is 0.568. The molecule has 3 rings (SSSR count). The summed E-state index contributed by atoms with van der Waals surface area (Å²) in [5.41, 5.74) is 9.31. The van der Waals surface area contributed by atoms with E-state index in [1.54, 1.807) is 0 Å². The van der Waals surface area contributed by atoms with Gasteiger partial charge in [0, 0.05) is 6.04 Å². The van der Waals surface area contributed by atoms with Gasteiger partial charge in [-0.2, -0.15) is 0 Å². The molecule has 2 nitrogen and oxygen atoms in total. The largest absolute Gasteiger partial charge is 0.397 e. The minimum Gasteiger partial charge on any atom is -0.397 e. The number of rotatable bonds is 4. The van der Waals surface area contributed by atoms with Crippen molar-refractivity contribution in [3.8, 4) is 0 Å². The van der Waals surface area contributed by atoms with E-state index in [4.69, 9.17) is 5.73 Å². The zero-order valence-electron chi connectivity index (χ0n) is 9.87. The maximum atomic E-state index is 6.05. The molecular formula is C14H20N2. The molecule has 0 unspecified atom stereocenters. The van der Waals surface area contributed by atoms with Crippen LogP contribution in [0.5, 0.6) is 0 Å². The molecule has 86 valence electrons. The SMILES string of the molecule is Cc1ccc(NC(C2CC2)C2CC2)c(N)c1. The van der Waals surface area contributed by atoms with Crippen LogP contribution in [-0.4, -0.2) is 6.04 Å². The van der Waals surface area contributed by atoms with E-state index >= 15 is 0 Å². The second kappa shape index (κ2) is 3.69. The fourth-order valence-electron chi connectivity index (χ4n) is 2.52. The molecule has 0 radical (unpaired) electrons. The summed E-state index contributed by atoms with van der Waals surface area (Å²) in [6.07, 6.45) is 5.61. The van der Waals surface area contributed by atoms with Gasteiger partial charge < -0.3 is 11.1 Å². The first-order valence-corrected chi connectivity index (χ1v) is 6.37. The van der Waals surface area contributed by atoms with E-state index in [1.807, 2.05) is 0 Å². The van der Waals surface area contributed by atoms with Gasteiger partial charge in [0.05, 0.1) is 11.4 Å². The lowest BCUT2D eigenvalue weighted by Crippen LogP contribution is -2.24. The van der Waals surface area contributed by atoms with Crippen LogP contribution in [0, 0.1) is 18.8 Å². The van der Waals surface area contributed by atoms with Crippen LogP contribution in [0.3, 0.4) is 0 Å². The highest BCUT2D eigenvalue weighted by molar-refractivity contribution is 5.67. The van der Waals surface area contributed by atoms with Crippen LogP contribution < -0.4 is 11.1 Å². The van der Waals surface area contributed by atoms with Crippen molar-refractivity contribution in [2.75, 3.05) is 11.1 Å². The summed E-state index contributed by atoms with van der Waals surface area (Å²) in [7, 11) is 0. The topological polar surface area (TPSA) is 38.0 Å². The average molecular weight is 216 g/mol. The molecule has 0 bridgehead atoms. The molecule has 1 aromatic rings. The van der Waals surface area contributed by atoms with Crippen LogP contribution in [0.15, 0.2) is 18.2 Å². The normalized spacial score (nSPS) is 20.1. The molecule has 0 atom stereocenters. The van der Waals surface area contributed by atoms with Crippen LogP contribution in [0.1, 0.15) is 31.2 Å². The molecule has 1 aromatic carbocycles. The molecular weight excluding hydrogens is 196 g/mol. The molecule has 0 spiro atoms. The smallest absolute Gasteiger partial charge is 0.0576 e. The Balaban J connectivity index is 1.76. The highest BCUT2D eigenvalue weighted by Gasteiger charge is 2.41. The lowest BCUT2D eigenvalue weighted by Gasteiger charge is -2.20. The molecule has 0 heterocycles. The Hall–Kier alpha value is -1.18. The molecule has 0 saturated heterocycles. The number of hydrogen-bond acceptors (Lipinski definition) is 2. The second-order valence-corrected chi connectivity index (χ2v) is 5.44. The van der Waals surface area contributed by atoms with Crippen LogP contribution in [0.25, 0.3) is 0 Å². The van der Waals surface area contributed by atoms with E-state index in [2.05, 4.69) is 30.4 Å². The molecule has 2 saturated carbocycles. The Kier molecular flexibility index (Phi) is 2.31. The van der Waals surface area contributed by atoms with Gasteiger partial charge in [0.1, 0.15) is 0 Å². The molecule has 2 aliphatic rings. The fraction of sp³-hybridized carbons (Fsp3) is 0.571. The highest BCUT2D eigenvalue weighted by Crippen LogP contribution is 2.46. The predicted molar refractivity (Wildman–Crippen MR) is 68.5 cm³/mol. The Morgan fingerprint density at radius 1 is 1.19 bits per heavy atom. The summed E-state index contributed by atoms with van der Waals surface area (Å²) in [5.74, 6) is 1.82. The number of nitrogen functional groups attached to an aromatic ring is 1. The number of hydrogen-bond donors (Lipinski definition) is 2.